The first-order valence-electron chi connectivity index (χ1n) is 5.03. The lowest BCUT2D eigenvalue weighted by Crippen LogP contribution is -2.27. The van der Waals surface area contributed by atoms with E-state index in [1.54, 1.807) is 0 Å². The van der Waals surface area contributed by atoms with Gasteiger partial charge in [0.2, 0.25) is 0 Å². The number of aromatic hydroxyl groups is 1. The first kappa shape index (κ1) is 11.4. The van der Waals surface area contributed by atoms with Gasteiger partial charge in [0, 0.05) is 16.1 Å². The minimum absolute atomic E-state index is 0.0642. The molecule has 1 aromatic carbocycles. The van der Waals surface area contributed by atoms with Crippen molar-refractivity contribution in [2.75, 3.05) is 0 Å². The lowest BCUT2D eigenvalue weighted by molar-refractivity contribution is 0.260. The molecule has 2 rings (SSSR count). The summed E-state index contributed by atoms with van der Waals surface area (Å²) in [4.78, 5) is 0. The standard InChI is InChI=1S/C11H13Br2NO/c12-7-4-5-8(13)11(15)9(7)10(14)6-2-1-3-6/h4-6,10,15H,1-3,14H2/t10-/m0/s1. The lowest BCUT2D eigenvalue weighted by atomic mass is 9.77. The topological polar surface area (TPSA) is 46.2 Å². The molecule has 1 saturated carbocycles. The second-order valence-corrected chi connectivity index (χ2v) is 5.72. The van der Waals surface area contributed by atoms with Crippen LogP contribution in [-0.4, -0.2) is 5.11 Å². The highest BCUT2D eigenvalue weighted by Gasteiger charge is 2.29. The fourth-order valence-corrected chi connectivity index (χ4v) is 2.84. The second-order valence-electron chi connectivity index (χ2n) is 4.01. The van der Waals surface area contributed by atoms with Gasteiger partial charge in [-0.15, -0.1) is 0 Å². The van der Waals surface area contributed by atoms with Gasteiger partial charge in [-0.25, -0.2) is 0 Å². The third-order valence-corrected chi connectivity index (χ3v) is 4.44. The maximum Gasteiger partial charge on any atom is 0.135 e. The van der Waals surface area contributed by atoms with Crippen LogP contribution in [0.2, 0.25) is 0 Å². The van der Waals surface area contributed by atoms with Crippen molar-refractivity contribution in [3.05, 3.63) is 26.6 Å². The Morgan fingerprint density at radius 2 is 1.87 bits per heavy atom. The molecule has 4 heteroatoms. The zero-order valence-corrected chi connectivity index (χ0v) is 11.4. The van der Waals surface area contributed by atoms with Crippen molar-refractivity contribution in [2.24, 2.45) is 11.7 Å². The first-order chi connectivity index (χ1) is 7.11. The van der Waals surface area contributed by atoms with Gasteiger partial charge >= 0.3 is 0 Å². The van der Waals surface area contributed by atoms with Gasteiger partial charge in [-0.2, -0.15) is 0 Å². The molecule has 0 bridgehead atoms. The lowest BCUT2D eigenvalue weighted by Gasteiger charge is -2.32. The van der Waals surface area contributed by atoms with Crippen LogP contribution in [0.1, 0.15) is 30.9 Å². The third kappa shape index (κ3) is 2.08. The summed E-state index contributed by atoms with van der Waals surface area (Å²) in [6, 6.07) is 3.67. The van der Waals surface area contributed by atoms with E-state index in [4.69, 9.17) is 5.73 Å². The summed E-state index contributed by atoms with van der Waals surface area (Å²) in [6.07, 6.45) is 3.59. The van der Waals surface area contributed by atoms with Gasteiger partial charge in [0.1, 0.15) is 5.75 Å². The van der Waals surface area contributed by atoms with E-state index in [1.165, 1.54) is 19.3 Å². The maximum atomic E-state index is 9.96. The normalized spacial score (nSPS) is 18.6. The van der Waals surface area contributed by atoms with Crippen LogP contribution in [-0.2, 0) is 0 Å². The van der Waals surface area contributed by atoms with Crippen molar-refractivity contribution in [3.63, 3.8) is 0 Å². The highest BCUT2D eigenvalue weighted by Crippen LogP contribution is 2.44. The van der Waals surface area contributed by atoms with Crippen LogP contribution in [0.3, 0.4) is 0 Å². The van der Waals surface area contributed by atoms with Crippen LogP contribution in [0, 0.1) is 5.92 Å². The van der Waals surface area contributed by atoms with Gasteiger partial charge in [-0.3, -0.25) is 0 Å². The summed E-state index contributed by atoms with van der Waals surface area (Å²) in [5.41, 5.74) is 6.99. The van der Waals surface area contributed by atoms with E-state index in [9.17, 15) is 5.11 Å². The average molecular weight is 335 g/mol. The number of rotatable bonds is 2. The van der Waals surface area contributed by atoms with Crippen molar-refractivity contribution in [2.45, 2.75) is 25.3 Å². The third-order valence-electron chi connectivity index (χ3n) is 3.11. The smallest absolute Gasteiger partial charge is 0.135 e. The fraction of sp³-hybridized carbons (Fsp3) is 0.455. The minimum atomic E-state index is -0.0642. The van der Waals surface area contributed by atoms with Crippen molar-refractivity contribution < 1.29 is 5.11 Å². The van der Waals surface area contributed by atoms with Crippen LogP contribution in [0.4, 0.5) is 0 Å². The van der Waals surface area contributed by atoms with E-state index in [0.29, 0.717) is 10.4 Å². The number of nitrogens with two attached hydrogens (primary N) is 1. The Bertz CT molecular complexity index is 377. The maximum absolute atomic E-state index is 9.96. The summed E-state index contributed by atoms with van der Waals surface area (Å²) in [7, 11) is 0. The summed E-state index contributed by atoms with van der Waals surface area (Å²) in [5.74, 6) is 0.783. The zero-order chi connectivity index (χ0) is 11.0. The molecule has 2 nitrogen and oxygen atoms in total. The quantitative estimate of drug-likeness (QED) is 0.865. The van der Waals surface area contributed by atoms with E-state index in [1.807, 2.05) is 12.1 Å². The SMILES string of the molecule is N[C@H](c1c(Br)ccc(Br)c1O)C1CCC1. The Morgan fingerprint density at radius 1 is 1.27 bits per heavy atom. The van der Waals surface area contributed by atoms with Gasteiger partial charge in [-0.1, -0.05) is 22.4 Å². The van der Waals surface area contributed by atoms with Crippen LogP contribution < -0.4 is 5.73 Å². The molecule has 82 valence electrons. The zero-order valence-electron chi connectivity index (χ0n) is 8.21. The molecule has 0 radical (unpaired) electrons. The van der Waals surface area contributed by atoms with Crippen LogP contribution in [0.5, 0.6) is 5.75 Å². The molecule has 15 heavy (non-hydrogen) atoms. The molecule has 0 aliphatic heterocycles. The molecule has 0 spiro atoms. The largest absolute Gasteiger partial charge is 0.506 e. The average Bonchev–Trinajstić information content (AvgIpc) is 2.09. The van der Waals surface area contributed by atoms with Gasteiger partial charge in [0.05, 0.1) is 4.47 Å². The summed E-state index contributed by atoms with van der Waals surface area (Å²) in [5, 5.41) is 9.96. The van der Waals surface area contributed by atoms with Crippen molar-refractivity contribution in [3.8, 4) is 5.75 Å². The Balaban J connectivity index is 2.36. The van der Waals surface area contributed by atoms with E-state index >= 15 is 0 Å². The van der Waals surface area contributed by atoms with Crippen molar-refractivity contribution in [1.29, 1.82) is 0 Å². The molecule has 0 unspecified atom stereocenters. The van der Waals surface area contributed by atoms with Crippen LogP contribution in [0.25, 0.3) is 0 Å². The number of hydrogen-bond acceptors (Lipinski definition) is 2. The summed E-state index contributed by atoms with van der Waals surface area (Å²) < 4.78 is 1.60. The Labute approximate surface area is 106 Å². The Kier molecular flexibility index (Phi) is 3.38. The monoisotopic (exact) mass is 333 g/mol. The summed E-state index contributed by atoms with van der Waals surface area (Å²) >= 11 is 6.75. The highest BCUT2D eigenvalue weighted by atomic mass is 79.9. The van der Waals surface area contributed by atoms with Gasteiger partial charge in [-0.05, 0) is 46.8 Å². The van der Waals surface area contributed by atoms with E-state index < -0.39 is 0 Å². The predicted octanol–water partition coefficient (Wildman–Crippen LogP) is 3.72. The fourth-order valence-electron chi connectivity index (χ4n) is 1.91. The number of hydrogen-bond donors (Lipinski definition) is 2. The molecule has 0 saturated heterocycles. The number of benzene rings is 1. The molecule has 1 aliphatic rings. The van der Waals surface area contributed by atoms with Gasteiger partial charge < -0.3 is 10.8 Å². The number of phenolic OH excluding ortho intramolecular Hbond substituents is 1. The molecule has 0 aromatic heterocycles. The van der Waals surface area contributed by atoms with Crippen molar-refractivity contribution in [1.82, 2.24) is 0 Å². The first-order valence-corrected chi connectivity index (χ1v) is 6.62. The molecule has 0 amide bonds. The molecule has 1 aromatic rings. The second kappa shape index (κ2) is 4.44. The van der Waals surface area contributed by atoms with Crippen LogP contribution in [0.15, 0.2) is 21.1 Å². The van der Waals surface area contributed by atoms with E-state index in [0.717, 1.165) is 10.0 Å². The van der Waals surface area contributed by atoms with Gasteiger partial charge in [0.15, 0.2) is 0 Å². The molecule has 3 N–H and O–H groups in total. The predicted molar refractivity (Wildman–Crippen MR) is 67.8 cm³/mol. The molecule has 1 aliphatic carbocycles. The number of phenols is 1. The molecule has 1 fully saturated rings. The minimum Gasteiger partial charge on any atom is -0.506 e. The van der Waals surface area contributed by atoms with Gasteiger partial charge in [0.25, 0.3) is 0 Å². The summed E-state index contributed by atoms with van der Waals surface area (Å²) in [6.45, 7) is 0. The Hall–Kier alpha value is -0.0600. The number of halogens is 2. The van der Waals surface area contributed by atoms with Crippen molar-refractivity contribution >= 4 is 31.9 Å². The van der Waals surface area contributed by atoms with E-state index in [-0.39, 0.29) is 11.8 Å². The van der Waals surface area contributed by atoms with Crippen LogP contribution >= 0.6 is 31.9 Å². The van der Waals surface area contributed by atoms with E-state index in [2.05, 4.69) is 31.9 Å². The molecule has 0 heterocycles. The molecular weight excluding hydrogens is 322 g/mol. The molecular formula is C11H13Br2NO. The highest BCUT2D eigenvalue weighted by molar-refractivity contribution is 9.11. The molecule has 1 atom stereocenters. The Morgan fingerprint density at radius 3 is 2.40 bits per heavy atom.